The molecule has 4 nitrogen and oxygen atoms in total. The fourth-order valence-corrected chi connectivity index (χ4v) is 2.35. The summed E-state index contributed by atoms with van der Waals surface area (Å²) in [6.07, 6.45) is 5.18. The van der Waals surface area contributed by atoms with E-state index in [9.17, 15) is 4.79 Å². The van der Waals surface area contributed by atoms with Crippen LogP contribution in [-0.4, -0.2) is 20.7 Å². The van der Waals surface area contributed by atoms with Crippen molar-refractivity contribution in [2.75, 3.05) is 0 Å². The number of halogens is 1. The van der Waals surface area contributed by atoms with Crippen LogP contribution in [0.25, 0.3) is 22.0 Å². The summed E-state index contributed by atoms with van der Waals surface area (Å²) >= 11 is 5.85. The molecular weight excluding hydrogens is 286 g/mol. The van der Waals surface area contributed by atoms with Crippen LogP contribution in [-0.2, 0) is 0 Å². The average molecular weight is 298 g/mol. The van der Waals surface area contributed by atoms with Gasteiger partial charge < -0.3 is 0 Å². The first-order valence-corrected chi connectivity index (χ1v) is 6.81. The highest BCUT2D eigenvalue weighted by atomic mass is 35.5. The van der Waals surface area contributed by atoms with E-state index in [-0.39, 0.29) is 5.78 Å². The van der Waals surface area contributed by atoms with Gasteiger partial charge in [-0.3, -0.25) is 14.8 Å². The molecule has 0 unspecified atom stereocenters. The molecule has 0 N–H and O–H groups in total. The van der Waals surface area contributed by atoms with Gasteiger partial charge in [-0.2, -0.15) is 0 Å². The second-order valence-electron chi connectivity index (χ2n) is 4.86. The summed E-state index contributed by atoms with van der Waals surface area (Å²) in [6, 6.07) is 5.51. The normalized spacial score (nSPS) is 10.8. The first kappa shape index (κ1) is 13.6. The molecule has 0 radical (unpaired) electrons. The van der Waals surface area contributed by atoms with Gasteiger partial charge in [0, 0.05) is 48.1 Å². The molecule has 104 valence electrons. The molecule has 0 saturated heterocycles. The Morgan fingerprint density at radius 1 is 1.05 bits per heavy atom. The van der Waals surface area contributed by atoms with E-state index < -0.39 is 0 Å². The van der Waals surface area contributed by atoms with E-state index in [1.54, 1.807) is 30.7 Å². The highest BCUT2D eigenvalue weighted by Crippen LogP contribution is 2.26. The number of aromatic nitrogens is 3. The largest absolute Gasteiger partial charge is 0.293 e. The molecule has 0 spiro atoms. The minimum atomic E-state index is -0.0415. The lowest BCUT2D eigenvalue weighted by Crippen LogP contribution is -1.98. The van der Waals surface area contributed by atoms with Gasteiger partial charge in [0.1, 0.15) is 10.8 Å². The van der Waals surface area contributed by atoms with Gasteiger partial charge in [0.2, 0.25) is 0 Å². The van der Waals surface area contributed by atoms with Crippen LogP contribution in [0.2, 0.25) is 5.15 Å². The molecular formula is C16H12ClN3O. The van der Waals surface area contributed by atoms with Crippen molar-refractivity contribution in [3.8, 4) is 11.1 Å². The fraction of sp³-hybridized carbons (Fsp3) is 0.125. The number of carbonyl (C=O) groups is 1. The lowest BCUT2D eigenvalue weighted by Gasteiger charge is -2.07. The molecule has 3 rings (SSSR count). The van der Waals surface area contributed by atoms with Crippen LogP contribution >= 0.6 is 11.6 Å². The maximum Gasteiger partial charge on any atom is 0.178 e. The van der Waals surface area contributed by atoms with E-state index in [1.165, 1.54) is 6.92 Å². The summed E-state index contributed by atoms with van der Waals surface area (Å²) in [5, 5.41) is 1.33. The standard InChI is InChI=1S/C16H12ClN3O/c1-9-3-14(10(2)21)19-8-13(9)11-4-12-7-20-16(17)5-15(12)18-6-11/h3-8H,1-2H3. The zero-order chi connectivity index (χ0) is 15.0. The highest BCUT2D eigenvalue weighted by molar-refractivity contribution is 6.30. The van der Waals surface area contributed by atoms with Crippen LogP contribution in [0.4, 0.5) is 0 Å². The Hall–Kier alpha value is -2.33. The van der Waals surface area contributed by atoms with Crippen molar-refractivity contribution in [3.63, 3.8) is 0 Å². The number of aryl methyl sites for hydroxylation is 1. The van der Waals surface area contributed by atoms with E-state index in [0.29, 0.717) is 10.8 Å². The predicted molar refractivity (Wildman–Crippen MR) is 82.5 cm³/mol. The number of carbonyl (C=O) groups excluding carboxylic acids is 1. The fourth-order valence-electron chi connectivity index (χ4n) is 2.20. The van der Waals surface area contributed by atoms with Crippen LogP contribution in [0.15, 0.2) is 36.8 Å². The van der Waals surface area contributed by atoms with E-state index in [2.05, 4.69) is 15.0 Å². The van der Waals surface area contributed by atoms with Crippen LogP contribution in [0.5, 0.6) is 0 Å². The Kier molecular flexibility index (Phi) is 3.39. The second kappa shape index (κ2) is 5.22. The first-order valence-electron chi connectivity index (χ1n) is 6.44. The quantitative estimate of drug-likeness (QED) is 0.532. The molecule has 0 amide bonds. The van der Waals surface area contributed by atoms with Gasteiger partial charge in [-0.05, 0) is 24.6 Å². The Balaban J connectivity index is 2.12. The van der Waals surface area contributed by atoms with E-state index >= 15 is 0 Å². The van der Waals surface area contributed by atoms with E-state index in [0.717, 1.165) is 27.6 Å². The zero-order valence-electron chi connectivity index (χ0n) is 11.6. The van der Waals surface area contributed by atoms with Crippen LogP contribution in [0.3, 0.4) is 0 Å². The first-order chi connectivity index (χ1) is 10.0. The third kappa shape index (κ3) is 2.62. The van der Waals surface area contributed by atoms with Crippen molar-refractivity contribution >= 4 is 28.3 Å². The number of rotatable bonds is 2. The minimum absolute atomic E-state index is 0.0415. The van der Waals surface area contributed by atoms with Gasteiger partial charge in [0.15, 0.2) is 5.78 Å². The highest BCUT2D eigenvalue weighted by Gasteiger charge is 2.08. The zero-order valence-corrected chi connectivity index (χ0v) is 12.3. The van der Waals surface area contributed by atoms with Crippen LogP contribution in [0.1, 0.15) is 23.0 Å². The Labute approximate surface area is 126 Å². The van der Waals surface area contributed by atoms with Gasteiger partial charge in [-0.1, -0.05) is 11.6 Å². The minimum Gasteiger partial charge on any atom is -0.293 e. The third-order valence-corrected chi connectivity index (χ3v) is 3.52. The Morgan fingerprint density at radius 3 is 2.57 bits per heavy atom. The van der Waals surface area contributed by atoms with Gasteiger partial charge >= 0.3 is 0 Å². The summed E-state index contributed by atoms with van der Waals surface area (Å²) in [5.74, 6) is -0.0415. The van der Waals surface area contributed by atoms with Gasteiger partial charge in [-0.15, -0.1) is 0 Å². The summed E-state index contributed by atoms with van der Waals surface area (Å²) in [7, 11) is 0. The van der Waals surface area contributed by atoms with Crippen LogP contribution < -0.4 is 0 Å². The van der Waals surface area contributed by atoms with Gasteiger partial charge in [0.25, 0.3) is 0 Å². The monoisotopic (exact) mass is 297 g/mol. The summed E-state index contributed by atoms with van der Waals surface area (Å²) < 4.78 is 0. The molecule has 0 fully saturated rings. The SMILES string of the molecule is CC(=O)c1cc(C)c(-c2cnc3cc(Cl)ncc3c2)cn1. The molecule has 0 aliphatic rings. The molecule has 0 aliphatic heterocycles. The van der Waals surface area contributed by atoms with Crippen molar-refractivity contribution < 1.29 is 4.79 Å². The van der Waals surface area contributed by atoms with Crippen molar-refractivity contribution in [1.29, 1.82) is 0 Å². The smallest absolute Gasteiger partial charge is 0.178 e. The number of hydrogen-bond donors (Lipinski definition) is 0. The molecule has 0 saturated carbocycles. The lowest BCUT2D eigenvalue weighted by atomic mass is 10.0. The van der Waals surface area contributed by atoms with Crippen molar-refractivity contribution in [2.24, 2.45) is 0 Å². The third-order valence-electron chi connectivity index (χ3n) is 3.31. The number of pyridine rings is 3. The average Bonchev–Trinajstić information content (AvgIpc) is 2.46. The summed E-state index contributed by atoms with van der Waals surface area (Å²) in [4.78, 5) is 24.0. The molecule has 3 aromatic heterocycles. The molecule has 0 aliphatic carbocycles. The topological polar surface area (TPSA) is 55.7 Å². The van der Waals surface area contributed by atoms with Gasteiger partial charge in [-0.25, -0.2) is 4.98 Å². The molecule has 3 heterocycles. The molecule has 0 atom stereocenters. The summed E-state index contributed by atoms with van der Waals surface area (Å²) in [5.41, 5.74) is 4.14. The Morgan fingerprint density at radius 2 is 1.86 bits per heavy atom. The van der Waals surface area contributed by atoms with Crippen molar-refractivity contribution in [1.82, 2.24) is 15.0 Å². The van der Waals surface area contributed by atoms with Gasteiger partial charge in [0.05, 0.1) is 5.52 Å². The number of hydrogen-bond acceptors (Lipinski definition) is 4. The molecule has 3 aromatic rings. The maximum atomic E-state index is 11.4. The number of nitrogens with zero attached hydrogens (tertiary/aromatic N) is 3. The number of fused-ring (bicyclic) bond motifs is 1. The van der Waals surface area contributed by atoms with Crippen molar-refractivity contribution in [2.45, 2.75) is 13.8 Å². The summed E-state index contributed by atoms with van der Waals surface area (Å²) in [6.45, 7) is 3.46. The molecule has 5 heteroatoms. The Bertz CT molecular complexity index is 861. The van der Waals surface area contributed by atoms with E-state index in [4.69, 9.17) is 11.6 Å². The second-order valence-corrected chi connectivity index (χ2v) is 5.25. The van der Waals surface area contributed by atoms with Crippen molar-refractivity contribution in [3.05, 3.63) is 53.2 Å². The maximum absolute atomic E-state index is 11.4. The number of ketones is 1. The number of Topliss-reactive ketones (excluding diaryl/α,β-unsaturated/α-hetero) is 1. The van der Waals surface area contributed by atoms with E-state index in [1.807, 2.05) is 13.0 Å². The predicted octanol–water partition coefficient (Wildman–Crippen LogP) is 3.86. The molecule has 21 heavy (non-hydrogen) atoms. The molecule has 0 aromatic carbocycles. The van der Waals surface area contributed by atoms with Crippen LogP contribution in [0, 0.1) is 6.92 Å². The molecule has 0 bridgehead atoms. The lowest BCUT2D eigenvalue weighted by molar-refractivity contribution is 0.101.